The number of hydrogen-bond acceptors (Lipinski definition) is 0. The van der Waals surface area contributed by atoms with Crippen LogP contribution in [0, 0.1) is 6.92 Å². The van der Waals surface area contributed by atoms with Crippen molar-refractivity contribution in [3.8, 4) is 33.8 Å². The fourth-order valence-corrected chi connectivity index (χ4v) is 4.54. The van der Waals surface area contributed by atoms with Crippen LogP contribution < -0.4 is 9.13 Å². The van der Waals surface area contributed by atoms with Crippen molar-refractivity contribution < 1.29 is 9.13 Å². The minimum atomic E-state index is 1.02. The van der Waals surface area contributed by atoms with Crippen LogP contribution in [0.1, 0.15) is 16.7 Å². The smallest absolute Gasteiger partial charge is 0.196 e. The molecule has 2 aromatic heterocycles. The van der Waals surface area contributed by atoms with E-state index in [1.54, 1.807) is 0 Å². The Labute approximate surface area is 166 Å². The van der Waals surface area contributed by atoms with E-state index in [0.717, 1.165) is 6.42 Å². The maximum atomic E-state index is 2.33. The fraction of sp³-hybridized carbons (Fsp3) is 0.154. The molecule has 2 nitrogen and oxygen atoms in total. The van der Waals surface area contributed by atoms with Crippen molar-refractivity contribution in [1.29, 1.82) is 0 Å². The molecule has 1 aliphatic rings. The number of rotatable bonds is 2. The lowest BCUT2D eigenvalue weighted by Gasteiger charge is -2.13. The van der Waals surface area contributed by atoms with Gasteiger partial charge in [0.1, 0.15) is 14.1 Å². The second-order valence-electron chi connectivity index (χ2n) is 7.68. The number of fused-ring (bicyclic) bond motifs is 3. The van der Waals surface area contributed by atoms with Gasteiger partial charge in [0.05, 0.1) is 5.56 Å². The van der Waals surface area contributed by atoms with E-state index in [1.807, 2.05) is 0 Å². The summed E-state index contributed by atoms with van der Waals surface area (Å²) in [7, 11) is 4.28. The van der Waals surface area contributed by atoms with Crippen LogP contribution >= 0.6 is 0 Å². The zero-order valence-corrected chi connectivity index (χ0v) is 16.6. The highest BCUT2D eigenvalue weighted by Crippen LogP contribution is 2.43. The summed E-state index contributed by atoms with van der Waals surface area (Å²) in [6.07, 6.45) is 3.12. The van der Waals surface area contributed by atoms with Crippen LogP contribution in [0.15, 0.2) is 79.0 Å². The number of hydrogen-bond donors (Lipinski definition) is 0. The first-order valence-corrected chi connectivity index (χ1v) is 9.80. The molecule has 5 rings (SSSR count). The number of aryl methyl sites for hydroxylation is 2. The fourth-order valence-electron chi connectivity index (χ4n) is 4.54. The summed E-state index contributed by atoms with van der Waals surface area (Å²) in [6.45, 7) is 2.23. The number of benzene rings is 2. The van der Waals surface area contributed by atoms with E-state index < -0.39 is 0 Å². The summed E-state index contributed by atoms with van der Waals surface area (Å²) in [4.78, 5) is 0. The van der Waals surface area contributed by atoms with Crippen LogP contribution in [-0.2, 0) is 20.5 Å². The molecule has 2 aromatic carbocycles. The molecule has 0 saturated heterocycles. The summed E-state index contributed by atoms with van der Waals surface area (Å²) in [5.41, 5.74) is 12.0. The second kappa shape index (κ2) is 6.42. The molecule has 2 heterocycles. The first-order valence-electron chi connectivity index (χ1n) is 9.80. The van der Waals surface area contributed by atoms with Gasteiger partial charge in [0, 0.05) is 24.3 Å². The lowest BCUT2D eigenvalue weighted by molar-refractivity contribution is -0.685. The second-order valence-corrected chi connectivity index (χ2v) is 7.68. The molecular formula is C26H24N2+2. The molecule has 0 bridgehead atoms. The average Bonchev–Trinajstić information content (AvgIpc) is 3.08. The van der Waals surface area contributed by atoms with Crippen molar-refractivity contribution >= 4 is 0 Å². The van der Waals surface area contributed by atoms with Crippen molar-refractivity contribution in [3.63, 3.8) is 0 Å². The Balaban J connectivity index is 1.79. The lowest BCUT2D eigenvalue weighted by atomic mass is 9.92. The Morgan fingerprint density at radius 2 is 1.39 bits per heavy atom. The molecule has 4 aromatic rings. The molecular weight excluding hydrogens is 340 g/mol. The lowest BCUT2D eigenvalue weighted by Crippen LogP contribution is -2.39. The van der Waals surface area contributed by atoms with Gasteiger partial charge in [-0.15, -0.1) is 0 Å². The van der Waals surface area contributed by atoms with Crippen LogP contribution in [0.3, 0.4) is 0 Å². The van der Waals surface area contributed by atoms with Gasteiger partial charge < -0.3 is 0 Å². The van der Waals surface area contributed by atoms with E-state index in [9.17, 15) is 0 Å². The minimum Gasteiger partial charge on any atom is -0.196 e. The van der Waals surface area contributed by atoms with Gasteiger partial charge in [-0.05, 0) is 53.3 Å². The molecule has 0 unspecified atom stereocenters. The summed E-state index contributed by atoms with van der Waals surface area (Å²) in [5.74, 6) is 0. The van der Waals surface area contributed by atoms with Gasteiger partial charge in [-0.2, -0.15) is 9.13 Å². The first-order chi connectivity index (χ1) is 13.6. The van der Waals surface area contributed by atoms with Crippen LogP contribution in [-0.4, -0.2) is 0 Å². The van der Waals surface area contributed by atoms with E-state index >= 15 is 0 Å². The Kier molecular flexibility index (Phi) is 3.87. The molecule has 1 aliphatic carbocycles. The van der Waals surface area contributed by atoms with Gasteiger partial charge in [0.15, 0.2) is 6.20 Å². The van der Waals surface area contributed by atoms with Crippen LogP contribution in [0.25, 0.3) is 33.8 Å². The average molecular weight is 364 g/mol. The molecule has 0 saturated carbocycles. The van der Waals surface area contributed by atoms with E-state index in [0.29, 0.717) is 0 Å². The highest BCUT2D eigenvalue weighted by Gasteiger charge is 2.28. The van der Waals surface area contributed by atoms with Gasteiger partial charge in [-0.3, -0.25) is 0 Å². The van der Waals surface area contributed by atoms with Crippen LogP contribution in [0.2, 0.25) is 0 Å². The zero-order chi connectivity index (χ0) is 19.3. The number of pyridine rings is 2. The van der Waals surface area contributed by atoms with Crippen LogP contribution in [0.5, 0.6) is 0 Å². The Morgan fingerprint density at radius 3 is 2.25 bits per heavy atom. The summed E-state index contributed by atoms with van der Waals surface area (Å²) < 4.78 is 4.51. The highest BCUT2D eigenvalue weighted by atomic mass is 15.0. The summed E-state index contributed by atoms with van der Waals surface area (Å²) >= 11 is 0. The monoisotopic (exact) mass is 364 g/mol. The highest BCUT2D eigenvalue weighted by molar-refractivity contribution is 5.90. The van der Waals surface area contributed by atoms with E-state index in [4.69, 9.17) is 0 Å². The molecule has 0 atom stereocenters. The normalized spacial score (nSPS) is 12.0. The van der Waals surface area contributed by atoms with Gasteiger partial charge in [0.2, 0.25) is 5.69 Å². The van der Waals surface area contributed by atoms with Crippen molar-refractivity contribution in [3.05, 3.63) is 95.7 Å². The molecule has 0 amide bonds. The molecule has 0 fully saturated rings. The predicted octanol–water partition coefficient (Wildman–Crippen LogP) is 4.55. The van der Waals surface area contributed by atoms with Gasteiger partial charge >= 0.3 is 0 Å². The molecule has 136 valence electrons. The Hall–Kier alpha value is -3.26. The third-order valence-corrected chi connectivity index (χ3v) is 5.97. The topological polar surface area (TPSA) is 7.76 Å². The standard InChI is InChI=1S/C26H24N2/c1-18-14-15-20-17-19-9-4-5-10-21(19)26(20)25(18)24-13-8-12-23(28(24)3)22-11-6-7-16-27(22)2/h4-16H,17H2,1-3H3/q+2. The molecule has 0 spiro atoms. The Morgan fingerprint density at radius 1 is 0.643 bits per heavy atom. The molecule has 28 heavy (non-hydrogen) atoms. The SMILES string of the molecule is Cc1ccc2c(c1-c1cccc(-c3cccc[n+]3C)[n+]1C)-c1ccccc1C2. The number of nitrogens with zero attached hydrogens (tertiary/aromatic N) is 2. The maximum absolute atomic E-state index is 2.33. The van der Waals surface area contributed by atoms with Crippen molar-refractivity contribution in [2.45, 2.75) is 13.3 Å². The van der Waals surface area contributed by atoms with E-state index in [1.165, 1.54) is 50.5 Å². The quantitative estimate of drug-likeness (QED) is 0.406. The zero-order valence-electron chi connectivity index (χ0n) is 16.6. The van der Waals surface area contributed by atoms with Crippen molar-refractivity contribution in [2.24, 2.45) is 14.1 Å². The summed E-state index contributed by atoms with van der Waals surface area (Å²) in [6, 6.07) is 26.4. The third-order valence-electron chi connectivity index (χ3n) is 5.97. The van der Waals surface area contributed by atoms with E-state index in [2.05, 4.69) is 109 Å². The van der Waals surface area contributed by atoms with E-state index in [-0.39, 0.29) is 0 Å². The minimum absolute atomic E-state index is 1.02. The molecule has 2 heteroatoms. The summed E-state index contributed by atoms with van der Waals surface area (Å²) in [5, 5.41) is 0. The first kappa shape index (κ1) is 16.9. The Bertz CT molecular complexity index is 1220. The molecule has 0 N–H and O–H groups in total. The van der Waals surface area contributed by atoms with Gasteiger partial charge in [-0.25, -0.2) is 0 Å². The number of aromatic nitrogens is 2. The largest absolute Gasteiger partial charge is 0.277 e. The third kappa shape index (κ3) is 2.49. The molecule has 0 radical (unpaired) electrons. The van der Waals surface area contributed by atoms with Crippen molar-refractivity contribution in [2.75, 3.05) is 0 Å². The van der Waals surface area contributed by atoms with Gasteiger partial charge in [0.25, 0.3) is 11.4 Å². The van der Waals surface area contributed by atoms with Gasteiger partial charge in [-0.1, -0.05) is 36.4 Å². The van der Waals surface area contributed by atoms with Crippen LogP contribution in [0.4, 0.5) is 0 Å². The maximum Gasteiger partial charge on any atom is 0.277 e. The molecule has 0 aliphatic heterocycles. The predicted molar refractivity (Wildman–Crippen MR) is 113 cm³/mol. The van der Waals surface area contributed by atoms with Crippen molar-refractivity contribution in [1.82, 2.24) is 0 Å².